The van der Waals surface area contributed by atoms with Crippen molar-refractivity contribution in [2.45, 2.75) is 66.2 Å². The number of rotatable bonds is 5. The zero-order chi connectivity index (χ0) is 45.2. The van der Waals surface area contributed by atoms with E-state index in [9.17, 15) is 1.37 Å². The lowest BCUT2D eigenvalue weighted by molar-refractivity contribution is 0.483. The summed E-state index contributed by atoms with van der Waals surface area (Å²) in [6, 6.07) is 9.04. The zero-order valence-corrected chi connectivity index (χ0v) is 30.0. The van der Waals surface area contributed by atoms with Crippen molar-refractivity contribution in [2.75, 3.05) is 16.5 Å². The van der Waals surface area contributed by atoms with Crippen molar-refractivity contribution in [3.05, 3.63) is 138 Å². The van der Waals surface area contributed by atoms with Gasteiger partial charge in [-0.1, -0.05) is 77.9 Å². The Bertz CT molecular complexity index is 3040. The molecule has 256 valence electrons. The fraction of sp³-hybridized carbons (Fsp3) is 0.244. The van der Waals surface area contributed by atoms with Crippen LogP contribution in [-0.2, 0) is 10.8 Å². The van der Waals surface area contributed by atoms with Gasteiger partial charge in [0.2, 0.25) is 0 Å². The molecular weight excluding hydrogens is 627 g/mol. The van der Waals surface area contributed by atoms with Crippen molar-refractivity contribution in [3.63, 3.8) is 0 Å². The van der Waals surface area contributed by atoms with Gasteiger partial charge in [0.05, 0.1) is 43.7 Å². The summed E-state index contributed by atoms with van der Waals surface area (Å²) < 4.78 is 106. The van der Waals surface area contributed by atoms with Gasteiger partial charge in [0.1, 0.15) is 24.0 Å². The second-order valence-electron chi connectivity index (χ2n) is 15.0. The molecule has 0 spiro atoms. The molecule has 4 heterocycles. The highest BCUT2D eigenvalue weighted by molar-refractivity contribution is 6.09. The Morgan fingerprint density at radius 3 is 2.20 bits per heavy atom. The summed E-state index contributed by atoms with van der Waals surface area (Å²) in [5.41, 5.74) is 5.22. The van der Waals surface area contributed by atoms with E-state index < -0.39 is 24.3 Å². The summed E-state index contributed by atoms with van der Waals surface area (Å²) in [5, 5.41) is 0.157. The highest BCUT2D eigenvalue weighted by Crippen LogP contribution is 2.47. The Kier molecular flexibility index (Phi) is 5.24. The summed E-state index contributed by atoms with van der Waals surface area (Å²) in [4.78, 5) is 12.2. The first-order chi connectivity index (χ1) is 28.9. The van der Waals surface area contributed by atoms with Gasteiger partial charge in [-0.25, -0.2) is 4.98 Å². The molecule has 51 heavy (non-hydrogen) atoms. The molecule has 1 aliphatic rings. The van der Waals surface area contributed by atoms with Gasteiger partial charge < -0.3 is 14.5 Å². The molecule has 0 unspecified atom stereocenters. The molecule has 6 heteroatoms. The normalized spacial score (nSPS) is 16.4. The molecule has 1 aliphatic heterocycles. The van der Waals surface area contributed by atoms with Crippen LogP contribution in [-0.4, -0.2) is 21.2 Å². The number of anilines is 4. The zero-order valence-electron chi connectivity index (χ0n) is 41.0. The SMILES string of the molecule is [2H]c1cc([2H])c(N2CN(c3c(C)cc(C(C)(C)C)cc3C)c3c([2H])nc([2H])c([2H])c32)cc1Oc1cc2c(c([2H])c1[2H])c1c([2H])c([2H])c([2H])c([2H])c1n2-c1cc(C(C)(C)C)ccn1. The minimum atomic E-state index is -0.484. The summed E-state index contributed by atoms with van der Waals surface area (Å²) in [7, 11) is 0. The first-order valence-corrected chi connectivity index (χ1v) is 16.9. The number of nitrogens with zero attached hydrogens (tertiary/aromatic N) is 5. The standard InChI is InChI=1S/C45H45N5O/c1-29-22-32(45(6,7)8)23-30(2)43(29)49-28-48(39-19-20-46-27-41(39)49)33-12-11-13-34(25-33)51-35-16-17-37-36-14-9-10-15-38(36)50(40(37)26-35)42-24-31(18-21-47-42)44(3,4)5/h9-27H,28H2,1-8H3/i9D,10D,12D,13D,14D,15D,16D,17D,19D,20D,27D. The molecule has 0 fully saturated rings. The highest BCUT2D eigenvalue weighted by Gasteiger charge is 2.31. The van der Waals surface area contributed by atoms with Crippen LogP contribution in [0.2, 0.25) is 0 Å². The van der Waals surface area contributed by atoms with Crippen molar-refractivity contribution in [1.29, 1.82) is 0 Å². The van der Waals surface area contributed by atoms with Crippen LogP contribution in [0.5, 0.6) is 11.5 Å². The Hall–Kier alpha value is -5.62. The summed E-state index contributed by atoms with van der Waals surface area (Å²) in [6.07, 6.45) is 0.990. The maximum absolute atomic E-state index is 9.28. The number of hydrogen-bond donors (Lipinski definition) is 0. The monoisotopic (exact) mass is 682 g/mol. The molecule has 7 aromatic rings. The molecule has 0 bridgehead atoms. The minimum absolute atomic E-state index is 0.0333. The van der Waals surface area contributed by atoms with Crippen LogP contribution >= 0.6 is 0 Å². The van der Waals surface area contributed by atoms with E-state index in [1.165, 1.54) is 18.2 Å². The van der Waals surface area contributed by atoms with Gasteiger partial charge in [-0.05, 0) is 95.3 Å². The molecule has 8 rings (SSSR count). The van der Waals surface area contributed by atoms with Crippen molar-refractivity contribution < 1.29 is 19.8 Å². The maximum atomic E-state index is 9.28. The summed E-state index contributed by atoms with van der Waals surface area (Å²) >= 11 is 0. The lowest BCUT2D eigenvalue weighted by atomic mass is 9.84. The van der Waals surface area contributed by atoms with Gasteiger partial charge >= 0.3 is 0 Å². The molecule has 0 N–H and O–H groups in total. The maximum Gasteiger partial charge on any atom is 0.137 e. The van der Waals surface area contributed by atoms with E-state index in [1.807, 2.05) is 51.7 Å². The molecule has 0 aliphatic carbocycles. The smallest absolute Gasteiger partial charge is 0.137 e. The van der Waals surface area contributed by atoms with E-state index in [1.54, 1.807) is 15.7 Å². The number of fused-ring (bicyclic) bond motifs is 4. The van der Waals surface area contributed by atoms with E-state index in [0.29, 0.717) is 11.5 Å². The number of hydrogen-bond acceptors (Lipinski definition) is 5. The van der Waals surface area contributed by atoms with Crippen molar-refractivity contribution in [1.82, 2.24) is 14.5 Å². The molecule has 0 amide bonds. The van der Waals surface area contributed by atoms with Gasteiger partial charge in [-0.15, -0.1) is 0 Å². The van der Waals surface area contributed by atoms with Gasteiger partial charge in [0, 0.05) is 46.6 Å². The molecule has 0 saturated carbocycles. The van der Waals surface area contributed by atoms with Crippen molar-refractivity contribution >= 4 is 44.6 Å². The summed E-state index contributed by atoms with van der Waals surface area (Å²) in [5.74, 6) is 0.0705. The average molecular weight is 683 g/mol. The van der Waals surface area contributed by atoms with E-state index >= 15 is 0 Å². The highest BCUT2D eigenvalue weighted by atomic mass is 16.5. The molecule has 0 radical (unpaired) electrons. The molecule has 3 aromatic heterocycles. The van der Waals surface area contributed by atoms with Crippen LogP contribution in [0.1, 0.15) is 78.9 Å². The second-order valence-corrected chi connectivity index (χ2v) is 15.0. The first-order valence-electron chi connectivity index (χ1n) is 22.4. The molecule has 4 aromatic carbocycles. The number of benzene rings is 4. The van der Waals surface area contributed by atoms with Gasteiger partial charge in [0.15, 0.2) is 0 Å². The Balaban J connectivity index is 1.31. The average Bonchev–Trinajstić information content (AvgIpc) is 3.75. The fourth-order valence-corrected chi connectivity index (χ4v) is 6.72. The number of ether oxygens (including phenoxy) is 1. The Labute approximate surface area is 316 Å². The predicted octanol–water partition coefficient (Wildman–Crippen LogP) is 11.8. The fourth-order valence-electron chi connectivity index (χ4n) is 6.72. The summed E-state index contributed by atoms with van der Waals surface area (Å²) in [6.45, 7) is 16.5. The second kappa shape index (κ2) is 12.0. The molecule has 0 saturated heterocycles. The van der Waals surface area contributed by atoms with Gasteiger partial charge in [-0.3, -0.25) is 9.55 Å². The van der Waals surface area contributed by atoms with Crippen LogP contribution in [0.15, 0.2) is 115 Å². The Morgan fingerprint density at radius 1 is 0.706 bits per heavy atom. The lowest BCUT2D eigenvalue weighted by Crippen LogP contribution is -2.25. The van der Waals surface area contributed by atoms with Crippen molar-refractivity contribution in [2.24, 2.45) is 0 Å². The van der Waals surface area contributed by atoms with Crippen LogP contribution in [0.3, 0.4) is 0 Å². The first kappa shape index (κ1) is 22.3. The van der Waals surface area contributed by atoms with E-state index in [0.717, 1.165) is 27.9 Å². The predicted molar refractivity (Wildman–Crippen MR) is 212 cm³/mol. The topological polar surface area (TPSA) is 46.4 Å². The third-order valence-corrected chi connectivity index (χ3v) is 9.34. The third kappa shape index (κ3) is 5.79. The quantitative estimate of drug-likeness (QED) is 0.181. The lowest BCUT2D eigenvalue weighted by Gasteiger charge is -2.28. The molecule has 0 atom stereocenters. The number of aryl methyl sites for hydroxylation is 2. The van der Waals surface area contributed by atoms with Gasteiger partial charge in [0.25, 0.3) is 0 Å². The minimum Gasteiger partial charge on any atom is -0.457 e. The number of aromatic nitrogens is 3. The molecule has 6 nitrogen and oxygen atoms in total. The van der Waals surface area contributed by atoms with Crippen LogP contribution in [0.4, 0.5) is 22.7 Å². The number of para-hydroxylation sites is 1. The van der Waals surface area contributed by atoms with Gasteiger partial charge in [-0.2, -0.15) is 0 Å². The van der Waals surface area contributed by atoms with E-state index in [4.69, 9.17) is 18.4 Å². The third-order valence-electron chi connectivity index (χ3n) is 9.34. The van der Waals surface area contributed by atoms with E-state index in [2.05, 4.69) is 42.9 Å². The van der Waals surface area contributed by atoms with Crippen molar-refractivity contribution in [3.8, 4) is 17.3 Å². The Morgan fingerprint density at radius 2 is 1.43 bits per heavy atom. The number of pyridine rings is 2. The molecular formula is C45H45N5O. The van der Waals surface area contributed by atoms with E-state index in [-0.39, 0.29) is 105 Å². The van der Waals surface area contributed by atoms with Crippen LogP contribution in [0, 0.1) is 13.8 Å². The van der Waals surface area contributed by atoms with Crippen LogP contribution in [0.25, 0.3) is 27.6 Å². The largest absolute Gasteiger partial charge is 0.457 e. The van der Waals surface area contributed by atoms with Crippen LogP contribution < -0.4 is 14.5 Å².